The lowest BCUT2D eigenvalue weighted by atomic mass is 9.88. The van der Waals surface area contributed by atoms with Gasteiger partial charge >= 0.3 is 11.9 Å². The van der Waals surface area contributed by atoms with Crippen molar-refractivity contribution in [1.82, 2.24) is 0 Å². The predicted octanol–water partition coefficient (Wildman–Crippen LogP) is 10.5. The van der Waals surface area contributed by atoms with E-state index >= 15 is 0 Å². The summed E-state index contributed by atoms with van der Waals surface area (Å²) >= 11 is 0. The molecule has 6 atom stereocenters. The Balaban J connectivity index is 1.94. The second-order valence-electron chi connectivity index (χ2n) is 16.1. The molecule has 0 aromatic rings. The highest BCUT2D eigenvalue weighted by atomic mass is 16.6. The van der Waals surface area contributed by atoms with Crippen LogP contribution in [0, 0.1) is 11.8 Å². The maximum atomic E-state index is 12.1. The van der Waals surface area contributed by atoms with Gasteiger partial charge in [0, 0.05) is 25.2 Å². The van der Waals surface area contributed by atoms with Crippen LogP contribution in [0.3, 0.4) is 0 Å². The van der Waals surface area contributed by atoms with Gasteiger partial charge in [0.15, 0.2) is 0 Å². The SMILES string of the molecule is CCCCCCCCCCCCCCCCCCCCCC(=O)OC[C@@H](O)COC(=O)CCCCCC[C@@H]1[C@@H](/C=C/[C@@H](O)CCCCC)[C@H](O)C[C@@H]1O. The van der Waals surface area contributed by atoms with Gasteiger partial charge < -0.3 is 29.9 Å². The zero-order valence-electron chi connectivity index (χ0n) is 34.4. The van der Waals surface area contributed by atoms with Gasteiger partial charge in [0.1, 0.15) is 19.3 Å². The zero-order valence-corrected chi connectivity index (χ0v) is 34.4. The Hall–Kier alpha value is -1.48. The minimum Gasteiger partial charge on any atom is -0.463 e. The molecule has 1 saturated carbocycles. The Labute approximate surface area is 325 Å². The van der Waals surface area contributed by atoms with Gasteiger partial charge in [-0.15, -0.1) is 0 Å². The van der Waals surface area contributed by atoms with Gasteiger partial charge in [-0.05, 0) is 31.6 Å². The fourth-order valence-corrected chi connectivity index (χ4v) is 7.65. The number of carbonyl (C=O) groups excluding carboxylic acids is 2. The fraction of sp³-hybridized carbons (Fsp3) is 0.911. The summed E-state index contributed by atoms with van der Waals surface area (Å²) in [6, 6.07) is 0. The van der Waals surface area contributed by atoms with Crippen molar-refractivity contribution in [2.75, 3.05) is 13.2 Å². The molecule has 0 aromatic heterocycles. The lowest BCUT2D eigenvalue weighted by Gasteiger charge is -2.21. The third-order valence-electron chi connectivity index (χ3n) is 11.1. The summed E-state index contributed by atoms with van der Waals surface area (Å²) in [5.74, 6) is -0.867. The van der Waals surface area contributed by atoms with Gasteiger partial charge in [0.05, 0.1) is 18.3 Å². The minimum absolute atomic E-state index is 0.0295. The van der Waals surface area contributed by atoms with Crippen LogP contribution >= 0.6 is 0 Å². The van der Waals surface area contributed by atoms with Crippen LogP contribution in [0.25, 0.3) is 0 Å². The summed E-state index contributed by atoms with van der Waals surface area (Å²) in [5, 5.41) is 41.2. The topological polar surface area (TPSA) is 134 Å². The van der Waals surface area contributed by atoms with E-state index < -0.39 is 24.4 Å². The second-order valence-corrected chi connectivity index (χ2v) is 16.1. The molecular weight excluding hydrogens is 668 g/mol. The number of ether oxygens (including phenoxy) is 2. The molecule has 53 heavy (non-hydrogen) atoms. The molecule has 0 aromatic carbocycles. The average molecular weight is 753 g/mol. The van der Waals surface area contributed by atoms with E-state index in [2.05, 4.69) is 13.8 Å². The zero-order chi connectivity index (χ0) is 38.8. The summed E-state index contributed by atoms with van der Waals surface area (Å²) in [7, 11) is 0. The van der Waals surface area contributed by atoms with E-state index in [1.54, 1.807) is 6.08 Å². The second kappa shape index (κ2) is 35.0. The molecule has 1 aliphatic carbocycles. The number of aliphatic hydroxyl groups excluding tert-OH is 4. The molecular formula is C45H84O8. The Morgan fingerprint density at radius 2 is 0.962 bits per heavy atom. The smallest absolute Gasteiger partial charge is 0.305 e. The molecule has 0 saturated heterocycles. The van der Waals surface area contributed by atoms with Crippen molar-refractivity contribution >= 4 is 11.9 Å². The number of unbranched alkanes of at least 4 members (excludes halogenated alkanes) is 23. The lowest BCUT2D eigenvalue weighted by Crippen LogP contribution is -2.25. The Morgan fingerprint density at radius 1 is 0.566 bits per heavy atom. The fourth-order valence-electron chi connectivity index (χ4n) is 7.65. The van der Waals surface area contributed by atoms with Gasteiger partial charge in [-0.3, -0.25) is 9.59 Å². The third-order valence-corrected chi connectivity index (χ3v) is 11.1. The van der Waals surface area contributed by atoms with E-state index in [-0.39, 0.29) is 43.4 Å². The first-order valence-corrected chi connectivity index (χ1v) is 22.5. The Bertz CT molecular complexity index is 879. The summed E-state index contributed by atoms with van der Waals surface area (Å²) in [6.45, 7) is 4.06. The molecule has 1 aliphatic rings. The molecule has 0 spiro atoms. The maximum Gasteiger partial charge on any atom is 0.305 e. The minimum atomic E-state index is -1.03. The first-order chi connectivity index (χ1) is 25.8. The largest absolute Gasteiger partial charge is 0.463 e. The van der Waals surface area contributed by atoms with E-state index in [1.165, 1.54) is 103 Å². The molecule has 312 valence electrons. The van der Waals surface area contributed by atoms with Crippen LogP contribution in [-0.4, -0.2) is 70.0 Å². The number of carbonyl (C=O) groups is 2. The van der Waals surface area contributed by atoms with Gasteiger partial charge in [-0.1, -0.05) is 180 Å². The van der Waals surface area contributed by atoms with Crippen molar-refractivity contribution in [3.63, 3.8) is 0 Å². The molecule has 0 aliphatic heterocycles. The summed E-state index contributed by atoms with van der Waals surface area (Å²) in [4.78, 5) is 24.2. The number of esters is 2. The van der Waals surface area contributed by atoms with E-state index in [9.17, 15) is 30.0 Å². The molecule has 1 fully saturated rings. The standard InChI is InChI=1S/C45H84O8/c1-3-5-7-8-9-10-11-12-13-14-15-16-17-18-19-20-21-22-27-31-44(50)52-36-39(47)37-53-45(51)32-28-24-23-26-30-40-41(43(49)35-42(40)48)34-33-38(46)29-25-6-4-2/h33-34,38-43,46-49H,3-32,35-37H2,1-2H3/b34-33+/t38-,39+,40+,41+,42-,43+/m0/s1. The molecule has 0 radical (unpaired) electrons. The van der Waals surface area contributed by atoms with Gasteiger partial charge in [-0.2, -0.15) is 0 Å². The Morgan fingerprint density at radius 3 is 1.42 bits per heavy atom. The maximum absolute atomic E-state index is 12.1. The number of rotatable bonds is 37. The quantitative estimate of drug-likeness (QED) is 0.0280. The number of hydrogen-bond donors (Lipinski definition) is 4. The van der Waals surface area contributed by atoms with Crippen molar-refractivity contribution in [3.8, 4) is 0 Å². The molecule has 0 bridgehead atoms. The van der Waals surface area contributed by atoms with Crippen LogP contribution < -0.4 is 0 Å². The van der Waals surface area contributed by atoms with Crippen molar-refractivity contribution < 1.29 is 39.5 Å². The highest BCUT2D eigenvalue weighted by molar-refractivity contribution is 5.69. The van der Waals surface area contributed by atoms with E-state index in [0.29, 0.717) is 19.3 Å². The predicted molar refractivity (Wildman–Crippen MR) is 217 cm³/mol. The third kappa shape index (κ3) is 28.6. The lowest BCUT2D eigenvalue weighted by molar-refractivity contribution is -0.152. The Kier molecular flexibility index (Phi) is 32.7. The van der Waals surface area contributed by atoms with Crippen LogP contribution in [-0.2, 0) is 19.1 Å². The average Bonchev–Trinajstić information content (AvgIpc) is 3.41. The van der Waals surface area contributed by atoms with E-state index in [1.807, 2.05) is 6.08 Å². The van der Waals surface area contributed by atoms with Crippen molar-refractivity contribution in [2.24, 2.45) is 11.8 Å². The molecule has 1 rings (SSSR count). The number of aliphatic hydroxyl groups is 4. The molecule has 0 unspecified atom stereocenters. The first-order valence-electron chi connectivity index (χ1n) is 22.5. The van der Waals surface area contributed by atoms with Crippen molar-refractivity contribution in [3.05, 3.63) is 12.2 Å². The van der Waals surface area contributed by atoms with E-state index in [0.717, 1.165) is 70.6 Å². The summed E-state index contributed by atoms with van der Waals surface area (Å²) < 4.78 is 10.4. The normalized spacial score (nSPS) is 19.9. The van der Waals surface area contributed by atoms with Crippen molar-refractivity contribution in [2.45, 2.75) is 237 Å². The highest BCUT2D eigenvalue weighted by Gasteiger charge is 2.39. The number of hydrogen-bond acceptors (Lipinski definition) is 8. The van der Waals surface area contributed by atoms with Crippen LogP contribution in [0.5, 0.6) is 0 Å². The van der Waals surface area contributed by atoms with Crippen LogP contribution in [0.4, 0.5) is 0 Å². The highest BCUT2D eigenvalue weighted by Crippen LogP contribution is 2.37. The van der Waals surface area contributed by atoms with E-state index in [4.69, 9.17) is 9.47 Å². The molecule has 4 N–H and O–H groups in total. The molecule has 8 nitrogen and oxygen atoms in total. The van der Waals surface area contributed by atoms with Gasteiger partial charge in [0.2, 0.25) is 0 Å². The van der Waals surface area contributed by atoms with Crippen molar-refractivity contribution in [1.29, 1.82) is 0 Å². The van der Waals surface area contributed by atoms with Crippen LogP contribution in [0.15, 0.2) is 12.2 Å². The van der Waals surface area contributed by atoms with Crippen LogP contribution in [0.1, 0.15) is 213 Å². The molecule has 0 amide bonds. The monoisotopic (exact) mass is 753 g/mol. The summed E-state index contributed by atoms with van der Waals surface area (Å²) in [5.41, 5.74) is 0. The summed E-state index contributed by atoms with van der Waals surface area (Å²) in [6.07, 6.45) is 34.9. The molecule has 0 heterocycles. The molecule has 8 heteroatoms. The first kappa shape index (κ1) is 49.5. The van der Waals surface area contributed by atoms with Gasteiger partial charge in [0.25, 0.3) is 0 Å². The van der Waals surface area contributed by atoms with Gasteiger partial charge in [-0.25, -0.2) is 0 Å². The van der Waals surface area contributed by atoms with Crippen LogP contribution in [0.2, 0.25) is 0 Å².